The number of nitrogens with one attached hydrogen (secondary N) is 1. The van der Waals surface area contributed by atoms with Crippen LogP contribution in [0.1, 0.15) is 32.8 Å². The molecule has 0 bridgehead atoms. The number of alkyl carbamates (subject to hydrolysis) is 1. The van der Waals surface area contributed by atoms with E-state index in [1.165, 1.54) is 0 Å². The van der Waals surface area contributed by atoms with Gasteiger partial charge < -0.3 is 15.2 Å². The molecule has 128 valence electrons. The van der Waals surface area contributed by atoms with Crippen molar-refractivity contribution in [3.8, 4) is 0 Å². The van der Waals surface area contributed by atoms with E-state index >= 15 is 0 Å². The maximum absolute atomic E-state index is 11.9. The first-order valence-corrected chi connectivity index (χ1v) is 8.62. The standard InChI is InChI=1S/C17H24BrNO4/c1-17(2,3)14(15(20)21)9-13(10-18)19-16(22)23-11-12-7-5-4-6-8-12/h4-8,13-14H,9-11H2,1-3H3,(H,19,22)(H,20,21)/t13-,14?/m0/s1. The molecule has 2 atom stereocenters. The largest absolute Gasteiger partial charge is 0.481 e. The van der Waals surface area contributed by atoms with Gasteiger partial charge in [0.2, 0.25) is 0 Å². The van der Waals surface area contributed by atoms with E-state index in [-0.39, 0.29) is 18.1 Å². The summed E-state index contributed by atoms with van der Waals surface area (Å²) in [5.74, 6) is -1.41. The Hall–Kier alpha value is -1.56. The molecule has 2 N–H and O–H groups in total. The maximum Gasteiger partial charge on any atom is 0.407 e. The summed E-state index contributed by atoms with van der Waals surface area (Å²) in [6.45, 7) is 5.82. The Morgan fingerprint density at radius 3 is 2.35 bits per heavy atom. The summed E-state index contributed by atoms with van der Waals surface area (Å²) in [7, 11) is 0. The highest BCUT2D eigenvalue weighted by molar-refractivity contribution is 9.09. The van der Waals surface area contributed by atoms with Crippen molar-refractivity contribution < 1.29 is 19.4 Å². The van der Waals surface area contributed by atoms with Crippen LogP contribution in [-0.4, -0.2) is 28.5 Å². The molecule has 0 saturated heterocycles. The van der Waals surface area contributed by atoms with E-state index in [9.17, 15) is 14.7 Å². The molecule has 1 aromatic rings. The van der Waals surface area contributed by atoms with E-state index in [0.29, 0.717) is 11.8 Å². The molecule has 6 heteroatoms. The first kappa shape index (κ1) is 19.5. The Balaban J connectivity index is 2.54. The topological polar surface area (TPSA) is 75.6 Å². The molecular weight excluding hydrogens is 362 g/mol. The number of halogens is 1. The number of aliphatic carboxylic acids is 1. The molecule has 0 aromatic heterocycles. The number of carbonyl (C=O) groups is 2. The van der Waals surface area contributed by atoms with Gasteiger partial charge in [-0.2, -0.15) is 0 Å². The lowest BCUT2D eigenvalue weighted by Crippen LogP contribution is -2.41. The van der Waals surface area contributed by atoms with E-state index in [1.54, 1.807) is 0 Å². The van der Waals surface area contributed by atoms with Gasteiger partial charge in [-0.05, 0) is 17.4 Å². The minimum atomic E-state index is -0.858. The van der Waals surface area contributed by atoms with Gasteiger partial charge in [0, 0.05) is 11.4 Å². The number of hydrogen-bond acceptors (Lipinski definition) is 3. The zero-order chi connectivity index (χ0) is 17.5. The van der Waals surface area contributed by atoms with Crippen LogP contribution in [0.3, 0.4) is 0 Å². The molecule has 23 heavy (non-hydrogen) atoms. The molecule has 0 fully saturated rings. The summed E-state index contributed by atoms with van der Waals surface area (Å²) < 4.78 is 5.17. The molecule has 1 unspecified atom stereocenters. The summed E-state index contributed by atoms with van der Waals surface area (Å²) in [4.78, 5) is 23.3. The van der Waals surface area contributed by atoms with Crippen molar-refractivity contribution in [2.75, 3.05) is 5.33 Å². The molecule has 1 amide bonds. The third kappa shape index (κ3) is 7.03. The van der Waals surface area contributed by atoms with Crippen molar-refractivity contribution >= 4 is 28.0 Å². The SMILES string of the molecule is CC(C)(C)C(C[C@@H](CBr)NC(=O)OCc1ccccc1)C(=O)O. The molecular formula is C17H24BrNO4. The zero-order valence-corrected chi connectivity index (χ0v) is 15.3. The molecule has 0 aliphatic heterocycles. The van der Waals surface area contributed by atoms with Crippen molar-refractivity contribution in [1.29, 1.82) is 0 Å². The van der Waals surface area contributed by atoms with Crippen molar-refractivity contribution in [3.63, 3.8) is 0 Å². The van der Waals surface area contributed by atoms with Gasteiger partial charge in [-0.25, -0.2) is 4.79 Å². The number of benzene rings is 1. The summed E-state index contributed by atoms with van der Waals surface area (Å²) in [6.07, 6.45) is -0.207. The Labute approximate surface area is 145 Å². The number of ether oxygens (including phenoxy) is 1. The van der Waals surface area contributed by atoms with Gasteiger partial charge in [0.25, 0.3) is 0 Å². The number of carboxylic acids is 1. The minimum absolute atomic E-state index is 0.184. The summed E-state index contributed by atoms with van der Waals surface area (Å²) in [5, 5.41) is 12.6. The first-order valence-electron chi connectivity index (χ1n) is 7.50. The smallest absolute Gasteiger partial charge is 0.407 e. The Bertz CT molecular complexity index is 513. The van der Waals surface area contributed by atoms with Crippen molar-refractivity contribution in [3.05, 3.63) is 35.9 Å². The second kappa shape index (κ2) is 8.91. The van der Waals surface area contributed by atoms with Gasteiger partial charge >= 0.3 is 12.1 Å². The van der Waals surface area contributed by atoms with Crippen molar-refractivity contribution in [2.45, 2.75) is 39.8 Å². The third-order valence-electron chi connectivity index (χ3n) is 3.58. The number of carbonyl (C=O) groups excluding carboxylic acids is 1. The van der Waals surface area contributed by atoms with Crippen LogP contribution in [0.25, 0.3) is 0 Å². The predicted octanol–water partition coefficient (Wildman–Crippen LogP) is 3.81. The fourth-order valence-corrected chi connectivity index (χ4v) is 2.63. The fourth-order valence-electron chi connectivity index (χ4n) is 2.20. The fraction of sp³-hybridized carbons (Fsp3) is 0.529. The van der Waals surface area contributed by atoms with Gasteiger partial charge in [-0.3, -0.25) is 4.79 Å². The second-order valence-electron chi connectivity index (χ2n) is 6.55. The van der Waals surface area contributed by atoms with Crippen LogP contribution in [0.2, 0.25) is 0 Å². The lowest BCUT2D eigenvalue weighted by atomic mass is 9.77. The molecule has 1 rings (SSSR count). The highest BCUT2D eigenvalue weighted by atomic mass is 79.9. The monoisotopic (exact) mass is 385 g/mol. The van der Waals surface area contributed by atoms with Gasteiger partial charge in [-0.15, -0.1) is 0 Å². The van der Waals surface area contributed by atoms with Gasteiger partial charge in [0.1, 0.15) is 6.61 Å². The van der Waals surface area contributed by atoms with E-state index in [1.807, 2.05) is 51.1 Å². The number of alkyl halides is 1. The van der Waals surface area contributed by atoms with Crippen molar-refractivity contribution in [1.82, 2.24) is 5.32 Å². The predicted molar refractivity (Wildman–Crippen MR) is 92.5 cm³/mol. The van der Waals surface area contributed by atoms with Gasteiger partial charge in [0.05, 0.1) is 5.92 Å². The zero-order valence-electron chi connectivity index (χ0n) is 13.7. The maximum atomic E-state index is 11.9. The van der Waals surface area contributed by atoms with Crippen LogP contribution in [0.5, 0.6) is 0 Å². The van der Waals surface area contributed by atoms with Crippen LogP contribution < -0.4 is 5.32 Å². The van der Waals surface area contributed by atoms with Gasteiger partial charge in [-0.1, -0.05) is 67.0 Å². The van der Waals surface area contributed by atoms with E-state index < -0.39 is 18.0 Å². The van der Waals surface area contributed by atoms with Crippen LogP contribution in [0.15, 0.2) is 30.3 Å². The highest BCUT2D eigenvalue weighted by Gasteiger charge is 2.33. The summed E-state index contributed by atoms with van der Waals surface area (Å²) >= 11 is 3.32. The quantitative estimate of drug-likeness (QED) is 0.699. The second-order valence-corrected chi connectivity index (χ2v) is 7.20. The third-order valence-corrected chi connectivity index (χ3v) is 4.37. The molecule has 0 aliphatic carbocycles. The van der Waals surface area contributed by atoms with E-state index in [0.717, 1.165) is 5.56 Å². The highest BCUT2D eigenvalue weighted by Crippen LogP contribution is 2.30. The van der Waals surface area contributed by atoms with Gasteiger partial charge in [0.15, 0.2) is 0 Å². The first-order chi connectivity index (χ1) is 10.7. The molecule has 0 heterocycles. The van der Waals surface area contributed by atoms with Crippen molar-refractivity contribution in [2.24, 2.45) is 11.3 Å². The summed E-state index contributed by atoms with van der Waals surface area (Å²) in [6, 6.07) is 9.07. The molecule has 0 aliphatic rings. The lowest BCUT2D eigenvalue weighted by molar-refractivity contribution is -0.146. The molecule has 0 radical (unpaired) electrons. The van der Waals surface area contributed by atoms with Crippen LogP contribution in [-0.2, 0) is 16.1 Å². The lowest BCUT2D eigenvalue weighted by Gasteiger charge is -2.30. The van der Waals surface area contributed by atoms with E-state index in [2.05, 4.69) is 21.2 Å². The Kier molecular flexibility index (Phi) is 7.55. The average Bonchev–Trinajstić information content (AvgIpc) is 2.48. The molecule has 0 spiro atoms. The number of rotatable bonds is 7. The van der Waals surface area contributed by atoms with Crippen LogP contribution in [0.4, 0.5) is 4.79 Å². The minimum Gasteiger partial charge on any atom is -0.481 e. The van der Waals surface area contributed by atoms with Crippen LogP contribution in [0, 0.1) is 11.3 Å². The molecule has 1 aromatic carbocycles. The van der Waals surface area contributed by atoms with E-state index in [4.69, 9.17) is 4.74 Å². The molecule has 5 nitrogen and oxygen atoms in total. The Morgan fingerprint density at radius 1 is 1.26 bits per heavy atom. The average molecular weight is 386 g/mol. The normalized spacial score (nSPS) is 13.9. The number of carboxylic acid groups (broad SMARTS) is 1. The Morgan fingerprint density at radius 2 is 1.87 bits per heavy atom. The number of amides is 1. The molecule has 0 saturated carbocycles. The number of hydrogen-bond donors (Lipinski definition) is 2. The summed E-state index contributed by atoms with van der Waals surface area (Å²) in [5.41, 5.74) is 0.512. The van der Waals surface area contributed by atoms with Crippen LogP contribution >= 0.6 is 15.9 Å².